The number of ether oxygens (including phenoxy) is 2. The molecular formula is C32H38O7SSi. The Bertz CT molecular complexity index is 1520. The Kier molecular flexibility index (Phi) is 10.1. The van der Waals surface area contributed by atoms with Crippen LogP contribution in [0.15, 0.2) is 83.8 Å². The standard InChI is InChI=1S/C32H38O7SSi/c1-32(2,3)41(6,7)39-21-23-12-11-15-26(20-23)30(33)38-22-28(24-16-18-27(19-17-24)40(5,35)36)29(31(34)37-4)25-13-9-8-10-14-25/h8-20H,21-22H2,1-7H3. The molecule has 0 fully saturated rings. The lowest BCUT2D eigenvalue weighted by molar-refractivity contribution is -0.133. The lowest BCUT2D eigenvalue weighted by Crippen LogP contribution is -2.40. The van der Waals surface area contributed by atoms with E-state index < -0.39 is 30.1 Å². The number of esters is 2. The molecule has 7 nitrogen and oxygen atoms in total. The minimum atomic E-state index is -3.43. The van der Waals surface area contributed by atoms with Crippen LogP contribution in [-0.2, 0) is 35.1 Å². The Balaban J connectivity index is 1.95. The van der Waals surface area contributed by atoms with Crippen molar-refractivity contribution in [1.82, 2.24) is 0 Å². The van der Waals surface area contributed by atoms with E-state index in [4.69, 9.17) is 13.9 Å². The van der Waals surface area contributed by atoms with E-state index in [9.17, 15) is 18.0 Å². The van der Waals surface area contributed by atoms with Gasteiger partial charge in [0, 0.05) is 11.8 Å². The maximum absolute atomic E-state index is 13.2. The zero-order chi connectivity index (χ0) is 30.4. The number of carbonyl (C=O) groups is 2. The van der Waals surface area contributed by atoms with Gasteiger partial charge in [-0.3, -0.25) is 0 Å². The van der Waals surface area contributed by atoms with E-state index >= 15 is 0 Å². The molecule has 0 saturated carbocycles. The van der Waals surface area contributed by atoms with Crippen LogP contribution >= 0.6 is 0 Å². The van der Waals surface area contributed by atoms with Crippen molar-refractivity contribution in [3.8, 4) is 0 Å². The Hall–Kier alpha value is -3.53. The van der Waals surface area contributed by atoms with E-state index in [0.29, 0.717) is 28.9 Å². The third-order valence-electron chi connectivity index (χ3n) is 7.30. The lowest BCUT2D eigenvalue weighted by Gasteiger charge is -2.36. The van der Waals surface area contributed by atoms with Crippen LogP contribution in [0.5, 0.6) is 0 Å². The zero-order valence-electron chi connectivity index (χ0n) is 24.7. The molecule has 0 unspecified atom stereocenters. The molecule has 0 aromatic heterocycles. The van der Waals surface area contributed by atoms with Crippen molar-refractivity contribution >= 4 is 41.2 Å². The average Bonchev–Trinajstić information content (AvgIpc) is 2.93. The number of hydrogen-bond donors (Lipinski definition) is 0. The van der Waals surface area contributed by atoms with Gasteiger partial charge < -0.3 is 13.9 Å². The molecule has 9 heteroatoms. The van der Waals surface area contributed by atoms with Crippen molar-refractivity contribution in [2.45, 2.75) is 50.4 Å². The molecule has 0 aliphatic carbocycles. The van der Waals surface area contributed by atoms with E-state index in [1.165, 1.54) is 19.2 Å². The second kappa shape index (κ2) is 13.0. The molecule has 0 bridgehead atoms. The fourth-order valence-electron chi connectivity index (χ4n) is 3.81. The quantitative estimate of drug-likeness (QED) is 0.114. The predicted molar refractivity (Wildman–Crippen MR) is 164 cm³/mol. The van der Waals surface area contributed by atoms with Gasteiger partial charge in [-0.15, -0.1) is 0 Å². The van der Waals surface area contributed by atoms with Crippen molar-refractivity contribution in [1.29, 1.82) is 0 Å². The smallest absolute Gasteiger partial charge is 0.338 e. The molecule has 3 rings (SSSR count). The Morgan fingerprint density at radius 2 is 1.44 bits per heavy atom. The monoisotopic (exact) mass is 594 g/mol. The highest BCUT2D eigenvalue weighted by Gasteiger charge is 2.37. The van der Waals surface area contributed by atoms with Gasteiger partial charge in [-0.05, 0) is 59.1 Å². The Morgan fingerprint density at radius 1 is 0.829 bits per heavy atom. The van der Waals surface area contributed by atoms with Crippen LogP contribution in [0.2, 0.25) is 18.1 Å². The summed E-state index contributed by atoms with van der Waals surface area (Å²) in [5.41, 5.74) is 2.90. The first-order valence-corrected chi connectivity index (χ1v) is 18.0. The Labute approximate surface area is 244 Å². The van der Waals surface area contributed by atoms with Gasteiger partial charge in [0.15, 0.2) is 18.2 Å². The summed E-state index contributed by atoms with van der Waals surface area (Å²) >= 11 is 0. The maximum Gasteiger partial charge on any atom is 0.338 e. The van der Waals surface area contributed by atoms with Crippen LogP contribution < -0.4 is 0 Å². The number of benzene rings is 3. The SMILES string of the molecule is COC(=O)C(=C(COC(=O)c1cccc(CO[Si](C)(C)C(C)(C)C)c1)c1ccc(S(C)(=O)=O)cc1)c1ccccc1. The van der Waals surface area contributed by atoms with Gasteiger partial charge in [0.1, 0.15) is 6.61 Å². The molecule has 0 spiro atoms. The van der Waals surface area contributed by atoms with E-state index in [0.717, 1.165) is 11.8 Å². The molecule has 0 atom stereocenters. The molecule has 41 heavy (non-hydrogen) atoms. The molecule has 0 aliphatic rings. The Morgan fingerprint density at radius 3 is 2.00 bits per heavy atom. The maximum atomic E-state index is 13.2. The largest absolute Gasteiger partial charge is 0.465 e. The second-order valence-corrected chi connectivity index (χ2v) is 18.2. The summed E-state index contributed by atoms with van der Waals surface area (Å²) in [5, 5.41) is 0.0574. The second-order valence-electron chi connectivity index (χ2n) is 11.3. The van der Waals surface area contributed by atoms with Crippen molar-refractivity contribution in [3.63, 3.8) is 0 Å². The van der Waals surface area contributed by atoms with E-state index in [1.807, 2.05) is 12.1 Å². The number of rotatable bonds is 10. The van der Waals surface area contributed by atoms with E-state index in [-0.39, 0.29) is 22.1 Å². The third-order valence-corrected chi connectivity index (χ3v) is 12.9. The van der Waals surface area contributed by atoms with Gasteiger partial charge in [0.2, 0.25) is 0 Å². The highest BCUT2D eigenvalue weighted by molar-refractivity contribution is 7.90. The van der Waals surface area contributed by atoms with Crippen molar-refractivity contribution in [2.24, 2.45) is 0 Å². The summed E-state index contributed by atoms with van der Waals surface area (Å²) in [6, 6.07) is 22.1. The van der Waals surface area contributed by atoms with Crippen LogP contribution in [-0.4, -0.2) is 48.6 Å². The molecule has 3 aromatic rings. The van der Waals surface area contributed by atoms with Crippen LogP contribution in [0.3, 0.4) is 0 Å². The highest BCUT2D eigenvalue weighted by atomic mass is 32.2. The highest BCUT2D eigenvalue weighted by Crippen LogP contribution is 2.37. The first-order valence-electron chi connectivity index (χ1n) is 13.2. The van der Waals surface area contributed by atoms with Crippen LogP contribution in [0.25, 0.3) is 11.1 Å². The number of hydrogen-bond acceptors (Lipinski definition) is 7. The molecule has 218 valence electrons. The molecule has 0 saturated heterocycles. The van der Waals surface area contributed by atoms with Crippen LogP contribution in [0.1, 0.15) is 47.8 Å². The number of sulfone groups is 1. The number of methoxy groups -OCH3 is 1. The topological polar surface area (TPSA) is 96.0 Å². The van der Waals surface area contributed by atoms with Gasteiger partial charge >= 0.3 is 11.9 Å². The van der Waals surface area contributed by atoms with Crippen molar-refractivity contribution < 1.29 is 31.9 Å². The third kappa shape index (κ3) is 8.25. The fraction of sp³-hybridized carbons (Fsp3) is 0.312. The molecule has 3 aromatic carbocycles. The average molecular weight is 595 g/mol. The van der Waals surface area contributed by atoms with Crippen LogP contribution in [0, 0.1) is 0 Å². The zero-order valence-corrected chi connectivity index (χ0v) is 26.5. The van der Waals surface area contributed by atoms with Gasteiger partial charge in [0.25, 0.3) is 0 Å². The summed E-state index contributed by atoms with van der Waals surface area (Å²) in [5.74, 6) is -1.18. The van der Waals surface area contributed by atoms with Gasteiger partial charge in [-0.2, -0.15) is 0 Å². The van der Waals surface area contributed by atoms with Gasteiger partial charge in [-0.1, -0.05) is 75.4 Å². The minimum Gasteiger partial charge on any atom is -0.465 e. The van der Waals surface area contributed by atoms with Crippen molar-refractivity contribution in [3.05, 3.63) is 101 Å². The predicted octanol–water partition coefficient (Wildman–Crippen LogP) is 6.55. The summed E-state index contributed by atoms with van der Waals surface area (Å²) in [4.78, 5) is 26.3. The lowest BCUT2D eigenvalue weighted by atomic mass is 9.95. The molecular weight excluding hydrogens is 556 g/mol. The summed E-state index contributed by atoms with van der Waals surface area (Å²) in [6.07, 6.45) is 1.12. The molecule has 0 radical (unpaired) electrons. The number of carbonyl (C=O) groups excluding carboxylic acids is 2. The van der Waals surface area contributed by atoms with E-state index in [1.54, 1.807) is 54.6 Å². The van der Waals surface area contributed by atoms with E-state index in [2.05, 4.69) is 33.9 Å². The molecule has 0 amide bonds. The summed E-state index contributed by atoms with van der Waals surface area (Å²) < 4.78 is 41.2. The normalized spacial score (nSPS) is 12.9. The summed E-state index contributed by atoms with van der Waals surface area (Å²) in [7, 11) is -4.13. The molecule has 0 aliphatic heterocycles. The first-order chi connectivity index (χ1) is 19.1. The first kappa shape index (κ1) is 32.0. The fourth-order valence-corrected chi connectivity index (χ4v) is 5.41. The van der Waals surface area contributed by atoms with Gasteiger partial charge in [-0.25, -0.2) is 18.0 Å². The molecule has 0 heterocycles. The van der Waals surface area contributed by atoms with Crippen LogP contribution in [0.4, 0.5) is 0 Å². The minimum absolute atomic E-state index is 0.0574. The van der Waals surface area contributed by atoms with Gasteiger partial charge in [0.05, 0.1) is 29.7 Å². The van der Waals surface area contributed by atoms with Crippen molar-refractivity contribution in [2.75, 3.05) is 20.0 Å². The molecule has 0 N–H and O–H groups in total. The summed E-state index contributed by atoms with van der Waals surface area (Å²) in [6.45, 7) is 11.0.